The highest BCUT2D eigenvalue weighted by atomic mass is 31.2. The van der Waals surface area contributed by atoms with Crippen LogP contribution < -0.4 is 17.0 Å². The van der Waals surface area contributed by atoms with Crippen LogP contribution in [0.3, 0.4) is 0 Å². The maximum absolute atomic E-state index is 15.4. The fourth-order valence-corrected chi connectivity index (χ4v) is 6.38. The van der Waals surface area contributed by atoms with Crippen LogP contribution >= 0.6 is 15.9 Å². The number of phosphoric ester groups is 1. The van der Waals surface area contributed by atoms with Gasteiger partial charge in [0.05, 0.1) is 25.9 Å². The molecule has 2 aliphatic heterocycles. The van der Waals surface area contributed by atoms with Crippen LogP contribution in [-0.4, -0.2) is 115 Å². The molecule has 6 rings (SSSR count). The maximum Gasteiger partial charge on any atom is 0.534 e. The molecule has 0 saturated carbocycles. The van der Waals surface area contributed by atoms with Gasteiger partial charge in [0.1, 0.15) is 42.4 Å². The normalized spacial score (nSPS) is 29.9. The van der Waals surface area contributed by atoms with Crippen molar-refractivity contribution in [2.75, 3.05) is 31.0 Å². The SMILES string of the molecule is Nc1nc2c(ncn2[C@@H]2O[C@H](CO)[C@H](F)[C@@H]2OP(=O)(O)OC[C@H]2O[C@@H](n3cnc4c(N)ncnc43)C(O)C2OC[P+](=O)O)c(=O)[nH]1. The van der Waals surface area contributed by atoms with Crippen LogP contribution in [0.15, 0.2) is 23.8 Å². The lowest BCUT2D eigenvalue weighted by Gasteiger charge is -2.24. The molecule has 4 aromatic rings. The number of ether oxygens (including phenoxy) is 3. The molecule has 2 fully saturated rings. The van der Waals surface area contributed by atoms with Crippen LogP contribution in [0.5, 0.6) is 0 Å². The Labute approximate surface area is 255 Å². The Kier molecular flexibility index (Phi) is 8.82. The number of nitrogens with two attached hydrogens (primary N) is 2. The highest BCUT2D eigenvalue weighted by Gasteiger charge is 2.52. The topological polar surface area (TPSA) is 320 Å². The monoisotopic (exact) mass is 691 g/mol. The standard InChI is InChI=1S/C21H25FN10O12P2/c22-9-7(1-33)42-20(32-5-28-11-17(32)29-21(24)30-18(11)35)14(9)44-46(38,39)41-2-8-13(40-6-45(36)37)12(34)19(43-8)31-4-27-10-15(23)25-3-26-16(10)31/h3-5,7-9,12-14,19-20,33-34H,1-2,6H2,(H6-,23,24,25,26,29,30,35,36,37,38,39)/p+1/t7-,8-,9+,12?,13?,14+,19-,20-/m1/s1. The number of aromatic nitrogens is 8. The van der Waals surface area contributed by atoms with Crippen molar-refractivity contribution in [2.45, 2.75) is 49.1 Å². The van der Waals surface area contributed by atoms with Gasteiger partial charge in [-0.3, -0.25) is 28.0 Å². The van der Waals surface area contributed by atoms with Crippen molar-refractivity contribution in [3.63, 3.8) is 0 Å². The Balaban J connectivity index is 1.22. The smallest absolute Gasteiger partial charge is 0.394 e. The fourth-order valence-electron chi connectivity index (χ4n) is 5.15. The number of aliphatic hydroxyl groups is 2. The second-order valence-corrected chi connectivity index (χ2v) is 12.4. The Morgan fingerprint density at radius 1 is 1.07 bits per heavy atom. The third-order valence-electron chi connectivity index (χ3n) is 7.17. The van der Waals surface area contributed by atoms with Crippen molar-refractivity contribution in [3.05, 3.63) is 29.3 Å². The minimum Gasteiger partial charge on any atom is -0.394 e. The first-order valence-electron chi connectivity index (χ1n) is 13.2. The Morgan fingerprint density at radius 3 is 2.48 bits per heavy atom. The number of rotatable bonds is 11. The number of anilines is 2. The number of nitrogen functional groups attached to an aromatic ring is 2. The summed E-state index contributed by atoms with van der Waals surface area (Å²) in [5.41, 5.74) is 10.7. The molecule has 248 valence electrons. The van der Waals surface area contributed by atoms with Crippen LogP contribution in [0.25, 0.3) is 22.3 Å². The van der Waals surface area contributed by atoms with Gasteiger partial charge < -0.3 is 40.8 Å². The zero-order valence-electron chi connectivity index (χ0n) is 23.1. The number of halogens is 1. The summed E-state index contributed by atoms with van der Waals surface area (Å²) in [6.45, 7) is -1.67. The fraction of sp³-hybridized carbons (Fsp3) is 0.524. The van der Waals surface area contributed by atoms with E-state index in [2.05, 4.69) is 29.9 Å². The Bertz CT molecular complexity index is 1880. The molecule has 0 bridgehead atoms. The largest absolute Gasteiger partial charge is 0.534 e. The predicted octanol–water partition coefficient (Wildman–Crippen LogP) is -1.81. The molecule has 10 atom stereocenters. The molecule has 25 heteroatoms. The summed E-state index contributed by atoms with van der Waals surface area (Å²) in [5.74, 6) is -0.265. The average Bonchev–Trinajstić information content (AvgIpc) is 3.76. The van der Waals surface area contributed by atoms with E-state index < -0.39 is 90.1 Å². The zero-order valence-corrected chi connectivity index (χ0v) is 24.9. The lowest BCUT2D eigenvalue weighted by atomic mass is 10.1. The van der Waals surface area contributed by atoms with Gasteiger partial charge in [-0.25, -0.2) is 28.9 Å². The first-order chi connectivity index (χ1) is 21.9. The lowest BCUT2D eigenvalue weighted by Crippen LogP contribution is -2.37. The van der Waals surface area contributed by atoms with Gasteiger partial charge in [0.2, 0.25) is 5.95 Å². The van der Waals surface area contributed by atoms with Crippen molar-refractivity contribution >= 4 is 49.9 Å². The van der Waals surface area contributed by atoms with Crippen LogP contribution in [0.1, 0.15) is 12.5 Å². The summed E-state index contributed by atoms with van der Waals surface area (Å²) in [4.78, 5) is 54.2. The van der Waals surface area contributed by atoms with E-state index in [1.54, 1.807) is 0 Å². The van der Waals surface area contributed by atoms with Crippen LogP contribution in [0.2, 0.25) is 0 Å². The molecule has 0 radical (unpaired) electrons. The van der Waals surface area contributed by atoms with Gasteiger partial charge in [0.25, 0.3) is 11.9 Å². The molecule has 0 amide bonds. The number of nitrogens with one attached hydrogen (secondary N) is 1. The van der Waals surface area contributed by atoms with Crippen LogP contribution in [-0.2, 0) is 32.4 Å². The first kappa shape index (κ1) is 32.3. The summed E-state index contributed by atoms with van der Waals surface area (Å²) < 4.78 is 69.2. The molecule has 46 heavy (non-hydrogen) atoms. The third-order valence-corrected chi connectivity index (χ3v) is 8.53. The number of imidazole rings is 2. The van der Waals surface area contributed by atoms with E-state index in [0.717, 1.165) is 17.2 Å². The molecule has 22 nitrogen and oxygen atoms in total. The van der Waals surface area contributed by atoms with E-state index >= 15 is 4.39 Å². The molecule has 0 aromatic carbocycles. The number of H-pyrrole nitrogens is 1. The van der Waals surface area contributed by atoms with Crippen molar-refractivity contribution in [2.24, 2.45) is 0 Å². The molecule has 0 aliphatic carbocycles. The summed E-state index contributed by atoms with van der Waals surface area (Å²) >= 11 is 0. The highest BCUT2D eigenvalue weighted by molar-refractivity contribution is 7.47. The minimum absolute atomic E-state index is 0.0399. The number of hydrogen-bond acceptors (Lipinski definition) is 17. The summed E-state index contributed by atoms with van der Waals surface area (Å²) in [7, 11) is -8.05. The average molecular weight is 691 g/mol. The predicted molar refractivity (Wildman–Crippen MR) is 148 cm³/mol. The molecule has 6 heterocycles. The van der Waals surface area contributed by atoms with Crippen molar-refractivity contribution < 1.29 is 56.8 Å². The first-order valence-corrected chi connectivity index (χ1v) is 16.1. The number of phosphoric acid groups is 1. The Morgan fingerprint density at radius 2 is 1.76 bits per heavy atom. The van der Waals surface area contributed by atoms with Gasteiger partial charge >= 0.3 is 15.9 Å². The molecule has 2 saturated heterocycles. The highest BCUT2D eigenvalue weighted by Crippen LogP contribution is 2.50. The molecule has 2 aliphatic rings. The zero-order chi connectivity index (χ0) is 32.9. The van der Waals surface area contributed by atoms with E-state index in [1.807, 2.05) is 0 Å². The number of nitrogens with zero attached hydrogens (tertiary/aromatic N) is 7. The van der Waals surface area contributed by atoms with Gasteiger partial charge in [-0.15, -0.1) is 0 Å². The maximum atomic E-state index is 15.4. The van der Waals surface area contributed by atoms with E-state index in [0.29, 0.717) is 0 Å². The third kappa shape index (κ3) is 5.98. The van der Waals surface area contributed by atoms with Gasteiger partial charge in [-0.1, -0.05) is 0 Å². The van der Waals surface area contributed by atoms with Crippen molar-refractivity contribution in [1.29, 1.82) is 0 Å². The number of hydrogen-bond donors (Lipinski definition) is 7. The van der Waals surface area contributed by atoms with Gasteiger partial charge in [0, 0.05) is 0 Å². The summed E-state index contributed by atoms with van der Waals surface area (Å²) in [6.07, 6.45) is -10.1. The molecule has 0 spiro atoms. The summed E-state index contributed by atoms with van der Waals surface area (Å²) in [5, 5.41) is 20.7. The molecule has 9 N–H and O–H groups in total. The number of aromatic amines is 1. The number of fused-ring (bicyclic) bond motifs is 2. The van der Waals surface area contributed by atoms with Crippen LogP contribution in [0.4, 0.5) is 16.2 Å². The quantitative estimate of drug-likeness (QED) is 0.0852. The van der Waals surface area contributed by atoms with Crippen LogP contribution in [0, 0.1) is 0 Å². The molecule has 4 unspecified atom stereocenters. The molecular formula is C21H26FN10O12P2+. The number of alkyl halides is 1. The van der Waals surface area contributed by atoms with E-state index in [4.69, 9.17) is 34.7 Å². The van der Waals surface area contributed by atoms with Crippen molar-refractivity contribution in [1.82, 2.24) is 39.0 Å². The Hall–Kier alpha value is -3.60. The van der Waals surface area contributed by atoms with Crippen molar-refractivity contribution in [3.8, 4) is 0 Å². The van der Waals surface area contributed by atoms with Gasteiger partial charge in [-0.2, -0.15) is 9.88 Å². The summed E-state index contributed by atoms with van der Waals surface area (Å²) in [6, 6.07) is 0. The minimum atomic E-state index is -5.23. The lowest BCUT2D eigenvalue weighted by molar-refractivity contribution is -0.0648. The molecular weight excluding hydrogens is 665 g/mol. The number of aliphatic hydroxyl groups excluding tert-OH is 2. The van der Waals surface area contributed by atoms with E-state index in [9.17, 15) is 33.9 Å². The second-order valence-electron chi connectivity index (χ2n) is 10.1. The second kappa shape index (κ2) is 12.5. The van der Waals surface area contributed by atoms with E-state index in [1.165, 1.54) is 10.9 Å². The molecule has 4 aromatic heterocycles. The van der Waals surface area contributed by atoms with Gasteiger partial charge in [-0.05, 0) is 4.57 Å². The van der Waals surface area contributed by atoms with Gasteiger partial charge in [0.15, 0.2) is 41.3 Å². The van der Waals surface area contributed by atoms with E-state index in [-0.39, 0.29) is 34.1 Å².